The van der Waals surface area contributed by atoms with Gasteiger partial charge in [0.25, 0.3) is 5.91 Å². The average Bonchev–Trinajstić information content (AvgIpc) is 3.01. The maximum atomic E-state index is 12.5. The fraction of sp³-hybridized carbons (Fsp3) is 0.0938. The van der Waals surface area contributed by atoms with Gasteiger partial charge in [-0.25, -0.2) is 4.98 Å². The van der Waals surface area contributed by atoms with Crippen LogP contribution in [0.5, 0.6) is 5.75 Å². The van der Waals surface area contributed by atoms with Crippen LogP contribution in [0.3, 0.4) is 0 Å². The minimum absolute atomic E-state index is 0.250. The highest BCUT2D eigenvalue weighted by atomic mass is 16.5. The number of carbonyl (C=O) groups excluding carboxylic acids is 2. The molecule has 4 aromatic rings. The molecule has 0 aliphatic rings. The Morgan fingerprint density at radius 1 is 0.872 bits per heavy atom. The molecule has 0 aliphatic heterocycles. The van der Waals surface area contributed by atoms with Gasteiger partial charge >= 0.3 is 0 Å². The molecule has 0 radical (unpaired) electrons. The smallest absolute Gasteiger partial charge is 0.255 e. The second-order valence-corrected chi connectivity index (χ2v) is 8.25. The van der Waals surface area contributed by atoms with Crippen LogP contribution in [0.4, 0.5) is 11.5 Å². The van der Waals surface area contributed by atoms with E-state index in [1.807, 2.05) is 55.6 Å². The number of methoxy groups -OCH3 is 1. The van der Waals surface area contributed by atoms with Crippen molar-refractivity contribution < 1.29 is 19.1 Å². The van der Waals surface area contributed by atoms with Crippen molar-refractivity contribution in [2.45, 2.75) is 6.92 Å². The van der Waals surface area contributed by atoms with Crippen LogP contribution in [0.15, 0.2) is 115 Å². The van der Waals surface area contributed by atoms with Gasteiger partial charge in [0.05, 0.1) is 7.11 Å². The lowest BCUT2D eigenvalue weighted by Crippen LogP contribution is -2.11. The number of ether oxygens (including phenoxy) is 2. The minimum atomic E-state index is -0.250. The predicted octanol–water partition coefficient (Wildman–Crippen LogP) is 6.69. The molecule has 1 amide bonds. The van der Waals surface area contributed by atoms with E-state index < -0.39 is 0 Å². The van der Waals surface area contributed by atoms with E-state index in [9.17, 15) is 9.59 Å². The first-order valence-electron chi connectivity index (χ1n) is 12.2. The summed E-state index contributed by atoms with van der Waals surface area (Å²) in [5.74, 6) is 2.12. The maximum Gasteiger partial charge on any atom is 0.255 e. The Hall–Kier alpha value is -5.17. The van der Waals surface area contributed by atoms with E-state index in [1.165, 1.54) is 0 Å². The fourth-order valence-corrected chi connectivity index (χ4v) is 3.41. The summed E-state index contributed by atoms with van der Waals surface area (Å²) < 4.78 is 11.1. The zero-order valence-electron chi connectivity index (χ0n) is 22.2. The van der Waals surface area contributed by atoms with Crippen molar-refractivity contribution in [3.05, 3.63) is 132 Å². The van der Waals surface area contributed by atoms with Gasteiger partial charge in [0, 0.05) is 41.2 Å². The Morgan fingerprint density at radius 2 is 1.56 bits per heavy atom. The number of aldehydes is 1. The summed E-state index contributed by atoms with van der Waals surface area (Å²) in [5.41, 5.74) is 3.05. The van der Waals surface area contributed by atoms with Crippen molar-refractivity contribution >= 4 is 35.2 Å². The Labute approximate surface area is 228 Å². The van der Waals surface area contributed by atoms with Crippen LogP contribution in [0, 0.1) is 0 Å². The van der Waals surface area contributed by atoms with Crippen molar-refractivity contribution in [3.8, 4) is 5.75 Å². The van der Waals surface area contributed by atoms with E-state index in [-0.39, 0.29) is 5.91 Å². The molecule has 7 nitrogen and oxygen atoms in total. The molecule has 0 aliphatic carbocycles. The van der Waals surface area contributed by atoms with E-state index >= 15 is 0 Å². The Morgan fingerprint density at radius 3 is 2.15 bits per heavy atom. The van der Waals surface area contributed by atoms with Crippen molar-refractivity contribution in [1.29, 1.82) is 0 Å². The molecule has 7 heteroatoms. The second-order valence-electron chi connectivity index (χ2n) is 8.25. The SMILES string of the molecule is C=C(O/C(=C(\C)C=O)c1ccc(NC(=O)c2cccc(OC)c2)cc1)c1ccccc1.CNc1ccccn1. The molecular weight excluding hydrogens is 490 g/mol. The van der Waals surface area contributed by atoms with Crippen molar-refractivity contribution in [3.63, 3.8) is 0 Å². The summed E-state index contributed by atoms with van der Waals surface area (Å²) in [4.78, 5) is 27.9. The van der Waals surface area contributed by atoms with Gasteiger partial charge < -0.3 is 20.1 Å². The number of hydrogen-bond acceptors (Lipinski definition) is 6. The van der Waals surface area contributed by atoms with Crippen molar-refractivity contribution in [1.82, 2.24) is 4.98 Å². The first kappa shape index (κ1) is 28.4. The summed E-state index contributed by atoms with van der Waals surface area (Å²) in [6, 6.07) is 29.2. The van der Waals surface area contributed by atoms with E-state index in [4.69, 9.17) is 9.47 Å². The van der Waals surface area contributed by atoms with Crippen LogP contribution in [0.1, 0.15) is 28.4 Å². The number of amides is 1. The third kappa shape index (κ3) is 8.43. The molecular formula is C32H31N3O4. The third-order valence-electron chi connectivity index (χ3n) is 5.51. The molecule has 0 saturated carbocycles. The third-order valence-corrected chi connectivity index (χ3v) is 5.51. The van der Waals surface area contributed by atoms with Gasteiger partial charge in [-0.2, -0.15) is 0 Å². The van der Waals surface area contributed by atoms with Crippen molar-refractivity contribution in [2.24, 2.45) is 0 Å². The fourth-order valence-electron chi connectivity index (χ4n) is 3.41. The molecule has 0 bridgehead atoms. The quantitative estimate of drug-likeness (QED) is 0.145. The van der Waals surface area contributed by atoms with Gasteiger partial charge in [-0.1, -0.05) is 49.0 Å². The summed E-state index contributed by atoms with van der Waals surface area (Å²) in [5, 5.41) is 5.76. The molecule has 198 valence electrons. The number of benzene rings is 3. The summed E-state index contributed by atoms with van der Waals surface area (Å²) in [6.07, 6.45) is 2.50. The zero-order chi connectivity index (χ0) is 28.0. The molecule has 0 spiro atoms. The summed E-state index contributed by atoms with van der Waals surface area (Å²) in [7, 11) is 3.40. The zero-order valence-corrected chi connectivity index (χ0v) is 22.2. The molecule has 0 saturated heterocycles. The first-order valence-corrected chi connectivity index (χ1v) is 12.2. The van der Waals surface area contributed by atoms with E-state index in [1.54, 1.807) is 68.8 Å². The van der Waals surface area contributed by atoms with Gasteiger partial charge in [0.1, 0.15) is 29.4 Å². The number of allylic oxidation sites excluding steroid dienone is 1. The monoisotopic (exact) mass is 521 g/mol. The van der Waals surface area contributed by atoms with E-state index in [0.29, 0.717) is 39.7 Å². The number of nitrogens with one attached hydrogen (secondary N) is 2. The summed E-state index contributed by atoms with van der Waals surface area (Å²) >= 11 is 0. The average molecular weight is 522 g/mol. The van der Waals surface area contributed by atoms with Crippen LogP contribution in [0.2, 0.25) is 0 Å². The van der Waals surface area contributed by atoms with Crippen molar-refractivity contribution in [2.75, 3.05) is 24.8 Å². The molecule has 4 rings (SSSR count). The first-order chi connectivity index (χ1) is 18.9. The van der Waals surface area contributed by atoms with Gasteiger partial charge in [-0.15, -0.1) is 0 Å². The van der Waals surface area contributed by atoms with Gasteiger partial charge in [0.2, 0.25) is 0 Å². The lowest BCUT2D eigenvalue weighted by Gasteiger charge is -2.15. The standard InChI is InChI=1S/C26H23NO4.C6H8N2/c1-18(17-28)25(31-19(2)20-8-5-4-6-9-20)21-12-14-23(15-13-21)27-26(29)22-10-7-11-24(16-22)30-3;1-7-6-4-2-3-5-8-6/h4-17H,2H2,1,3H3,(H,27,29);2-5H,1H3,(H,7,8)/b25-18+;. The largest absolute Gasteiger partial charge is 0.497 e. The van der Waals surface area contributed by atoms with E-state index in [2.05, 4.69) is 22.2 Å². The summed E-state index contributed by atoms with van der Waals surface area (Å²) in [6.45, 7) is 5.65. The molecule has 2 N–H and O–H groups in total. The second kappa shape index (κ2) is 14.5. The molecule has 0 fully saturated rings. The lowest BCUT2D eigenvalue weighted by atomic mass is 10.1. The number of hydrogen-bond donors (Lipinski definition) is 2. The Kier molecular flexibility index (Phi) is 10.6. The molecule has 1 heterocycles. The number of aromatic nitrogens is 1. The number of nitrogens with zero attached hydrogens (tertiary/aromatic N) is 1. The number of pyridine rings is 1. The highest BCUT2D eigenvalue weighted by Crippen LogP contribution is 2.27. The van der Waals surface area contributed by atoms with Gasteiger partial charge in [0.15, 0.2) is 0 Å². The molecule has 1 aromatic heterocycles. The lowest BCUT2D eigenvalue weighted by molar-refractivity contribution is -0.104. The van der Waals surface area contributed by atoms with Crippen LogP contribution < -0.4 is 15.4 Å². The maximum absolute atomic E-state index is 12.5. The minimum Gasteiger partial charge on any atom is -0.497 e. The molecule has 0 unspecified atom stereocenters. The van der Waals surface area contributed by atoms with Crippen LogP contribution in [-0.2, 0) is 9.53 Å². The predicted molar refractivity (Wildman–Crippen MR) is 156 cm³/mol. The topological polar surface area (TPSA) is 89.5 Å². The van der Waals surface area contributed by atoms with E-state index in [0.717, 1.165) is 17.7 Å². The normalized spacial score (nSPS) is 10.6. The molecule has 39 heavy (non-hydrogen) atoms. The number of rotatable bonds is 9. The Balaban J connectivity index is 0.000000449. The highest BCUT2D eigenvalue weighted by molar-refractivity contribution is 6.04. The van der Waals surface area contributed by atoms with Crippen LogP contribution in [0.25, 0.3) is 11.5 Å². The highest BCUT2D eigenvalue weighted by Gasteiger charge is 2.12. The Bertz CT molecular complexity index is 1420. The molecule has 3 aromatic carbocycles. The van der Waals surface area contributed by atoms with Gasteiger partial charge in [-0.05, 0) is 61.5 Å². The number of carbonyl (C=O) groups is 2. The number of anilines is 2. The molecule has 0 atom stereocenters. The van der Waals surface area contributed by atoms with Crippen LogP contribution in [-0.4, -0.2) is 31.3 Å². The van der Waals surface area contributed by atoms with Gasteiger partial charge in [-0.3, -0.25) is 9.59 Å². The van der Waals surface area contributed by atoms with Crippen LogP contribution >= 0.6 is 0 Å².